The molecule has 2 aliphatic heterocycles. The van der Waals surface area contributed by atoms with Crippen molar-refractivity contribution in [3.05, 3.63) is 0 Å². The maximum absolute atomic E-state index is 12.3. The minimum absolute atomic E-state index is 0.160. The van der Waals surface area contributed by atoms with Crippen LogP contribution in [0, 0.1) is 5.41 Å². The van der Waals surface area contributed by atoms with Crippen molar-refractivity contribution in [3.8, 4) is 0 Å². The van der Waals surface area contributed by atoms with Gasteiger partial charge in [-0.1, -0.05) is 6.92 Å². The van der Waals surface area contributed by atoms with Crippen molar-refractivity contribution >= 4 is 17.9 Å². The molecule has 0 aromatic heterocycles. The Morgan fingerprint density at radius 1 is 1.36 bits per heavy atom. The number of nitrogens with one attached hydrogen (secondary N) is 1. The molecule has 0 aliphatic carbocycles. The lowest BCUT2D eigenvalue weighted by Gasteiger charge is -2.41. The predicted octanol–water partition coefficient (Wildman–Crippen LogP) is 3.51. The first-order valence-corrected chi connectivity index (χ1v) is 9.72. The monoisotopic (exact) mass is 328 g/mol. The molecular formula is C17H32N2O2S. The largest absolute Gasteiger partial charge is 0.444 e. The molecule has 2 fully saturated rings. The Balaban J connectivity index is 1.83. The highest BCUT2D eigenvalue weighted by atomic mass is 32.2. The number of ether oxygens (including phenoxy) is 1. The van der Waals surface area contributed by atoms with Gasteiger partial charge < -0.3 is 15.0 Å². The number of hydrogen-bond donors (Lipinski definition) is 1. The molecule has 0 spiro atoms. The summed E-state index contributed by atoms with van der Waals surface area (Å²) >= 11 is 2.06. The van der Waals surface area contributed by atoms with E-state index < -0.39 is 5.60 Å². The van der Waals surface area contributed by atoms with Crippen LogP contribution in [0.25, 0.3) is 0 Å². The van der Waals surface area contributed by atoms with E-state index in [-0.39, 0.29) is 11.5 Å². The Bertz CT molecular complexity index is 377. The van der Waals surface area contributed by atoms with E-state index in [1.807, 2.05) is 25.7 Å². The van der Waals surface area contributed by atoms with Crippen LogP contribution < -0.4 is 5.32 Å². The van der Waals surface area contributed by atoms with E-state index in [1.165, 1.54) is 30.8 Å². The Labute approximate surface area is 139 Å². The number of piperidine rings is 1. The SMILES string of the molecule is CC1(CNC2CCSCC2)CCCN(C(=O)OC(C)(C)C)C1. The van der Waals surface area contributed by atoms with Crippen LogP contribution in [0.5, 0.6) is 0 Å². The first-order valence-electron chi connectivity index (χ1n) is 8.57. The zero-order chi connectivity index (χ0) is 16.2. The van der Waals surface area contributed by atoms with Gasteiger partial charge in [0, 0.05) is 25.7 Å². The van der Waals surface area contributed by atoms with Crippen molar-refractivity contribution < 1.29 is 9.53 Å². The van der Waals surface area contributed by atoms with E-state index in [0.29, 0.717) is 6.04 Å². The number of hydrogen-bond acceptors (Lipinski definition) is 4. The van der Waals surface area contributed by atoms with Gasteiger partial charge in [-0.15, -0.1) is 0 Å². The first-order chi connectivity index (χ1) is 10.3. The van der Waals surface area contributed by atoms with Crippen molar-refractivity contribution in [2.24, 2.45) is 5.41 Å². The van der Waals surface area contributed by atoms with E-state index >= 15 is 0 Å². The number of likely N-dealkylation sites (tertiary alicyclic amines) is 1. The third-order valence-corrected chi connectivity index (χ3v) is 5.52. The molecule has 0 aromatic rings. The molecule has 4 nitrogen and oxygen atoms in total. The van der Waals surface area contributed by atoms with Crippen molar-refractivity contribution in [1.29, 1.82) is 0 Å². The number of nitrogens with zero attached hydrogens (tertiary/aromatic N) is 1. The number of thioether (sulfide) groups is 1. The Hall–Kier alpha value is -0.420. The predicted molar refractivity (Wildman–Crippen MR) is 93.5 cm³/mol. The zero-order valence-corrected chi connectivity index (χ0v) is 15.4. The van der Waals surface area contributed by atoms with Crippen molar-refractivity contribution in [3.63, 3.8) is 0 Å². The van der Waals surface area contributed by atoms with E-state index in [2.05, 4.69) is 24.0 Å². The third kappa shape index (κ3) is 5.65. The molecule has 128 valence electrons. The molecule has 1 atom stereocenters. The number of amides is 1. The number of carbonyl (C=O) groups is 1. The topological polar surface area (TPSA) is 41.6 Å². The molecule has 1 unspecified atom stereocenters. The summed E-state index contributed by atoms with van der Waals surface area (Å²) in [7, 11) is 0. The van der Waals surface area contributed by atoms with Gasteiger partial charge in [0.05, 0.1) is 0 Å². The van der Waals surface area contributed by atoms with Crippen LogP contribution in [0.15, 0.2) is 0 Å². The molecule has 0 aromatic carbocycles. The molecule has 2 heterocycles. The van der Waals surface area contributed by atoms with Crippen molar-refractivity contribution in [2.75, 3.05) is 31.1 Å². The molecule has 2 aliphatic rings. The van der Waals surface area contributed by atoms with Gasteiger partial charge in [0.25, 0.3) is 0 Å². The lowest BCUT2D eigenvalue weighted by Crippen LogP contribution is -2.51. The molecule has 0 radical (unpaired) electrons. The molecule has 2 rings (SSSR count). The van der Waals surface area contributed by atoms with Crippen LogP contribution in [-0.4, -0.2) is 53.8 Å². The van der Waals surface area contributed by atoms with Crippen molar-refractivity contribution in [1.82, 2.24) is 10.2 Å². The van der Waals surface area contributed by atoms with Crippen LogP contribution in [0.3, 0.4) is 0 Å². The van der Waals surface area contributed by atoms with Gasteiger partial charge in [0.15, 0.2) is 0 Å². The molecule has 1 N–H and O–H groups in total. The van der Waals surface area contributed by atoms with E-state index in [9.17, 15) is 4.79 Å². The van der Waals surface area contributed by atoms with E-state index in [0.717, 1.165) is 26.1 Å². The second-order valence-electron chi connectivity index (χ2n) is 8.08. The maximum Gasteiger partial charge on any atom is 0.410 e. The van der Waals surface area contributed by atoms with Gasteiger partial charge in [0.2, 0.25) is 0 Å². The summed E-state index contributed by atoms with van der Waals surface area (Å²) in [6.07, 6.45) is 4.64. The second-order valence-corrected chi connectivity index (χ2v) is 9.31. The Morgan fingerprint density at radius 2 is 2.05 bits per heavy atom. The summed E-state index contributed by atoms with van der Waals surface area (Å²) in [4.78, 5) is 14.2. The van der Waals surface area contributed by atoms with Gasteiger partial charge in [-0.2, -0.15) is 11.8 Å². The number of rotatable bonds is 3. The van der Waals surface area contributed by atoms with Crippen LogP contribution in [-0.2, 0) is 4.74 Å². The van der Waals surface area contributed by atoms with Gasteiger partial charge in [-0.05, 0) is 63.4 Å². The quantitative estimate of drug-likeness (QED) is 0.861. The van der Waals surface area contributed by atoms with Crippen LogP contribution >= 0.6 is 11.8 Å². The summed E-state index contributed by atoms with van der Waals surface area (Å²) in [6, 6.07) is 0.662. The summed E-state index contributed by atoms with van der Waals surface area (Å²) < 4.78 is 5.53. The fourth-order valence-electron chi connectivity index (χ4n) is 3.23. The highest BCUT2D eigenvalue weighted by Gasteiger charge is 2.35. The highest BCUT2D eigenvalue weighted by Crippen LogP contribution is 2.30. The van der Waals surface area contributed by atoms with Gasteiger partial charge >= 0.3 is 6.09 Å². The molecule has 5 heteroatoms. The third-order valence-electron chi connectivity index (χ3n) is 4.47. The smallest absolute Gasteiger partial charge is 0.410 e. The molecule has 0 saturated carbocycles. The van der Waals surface area contributed by atoms with E-state index in [4.69, 9.17) is 4.74 Å². The summed E-state index contributed by atoms with van der Waals surface area (Å²) in [5.41, 5.74) is -0.247. The first kappa shape index (κ1) is 17.9. The Morgan fingerprint density at radius 3 is 2.68 bits per heavy atom. The molecule has 2 saturated heterocycles. The summed E-state index contributed by atoms with van der Waals surface area (Å²) in [6.45, 7) is 10.7. The number of carbonyl (C=O) groups excluding carboxylic acids is 1. The fraction of sp³-hybridized carbons (Fsp3) is 0.941. The molecule has 1 amide bonds. The van der Waals surface area contributed by atoms with Crippen molar-refractivity contribution in [2.45, 2.75) is 65.0 Å². The van der Waals surface area contributed by atoms with Gasteiger partial charge in [0.1, 0.15) is 5.60 Å². The fourth-order valence-corrected chi connectivity index (χ4v) is 4.34. The van der Waals surface area contributed by atoms with E-state index in [1.54, 1.807) is 0 Å². The van der Waals surface area contributed by atoms with Gasteiger partial charge in [-0.3, -0.25) is 0 Å². The minimum atomic E-state index is -0.414. The standard InChI is InChI=1S/C17H32N2O2S/c1-16(2,3)21-15(20)19-9-5-8-17(4,13-19)12-18-14-6-10-22-11-7-14/h14,18H,5-13H2,1-4H3. The minimum Gasteiger partial charge on any atom is -0.444 e. The summed E-state index contributed by atoms with van der Waals surface area (Å²) in [5, 5.41) is 3.75. The van der Waals surface area contributed by atoms with Gasteiger partial charge in [-0.25, -0.2) is 4.79 Å². The summed E-state index contributed by atoms with van der Waals surface area (Å²) in [5.74, 6) is 2.55. The normalized spacial score (nSPS) is 27.7. The molecular weight excluding hydrogens is 296 g/mol. The van der Waals surface area contributed by atoms with Crippen LogP contribution in [0.4, 0.5) is 4.79 Å². The second kappa shape index (κ2) is 7.43. The highest BCUT2D eigenvalue weighted by molar-refractivity contribution is 7.99. The lowest BCUT2D eigenvalue weighted by atomic mass is 9.81. The van der Waals surface area contributed by atoms with Crippen LogP contribution in [0.1, 0.15) is 53.4 Å². The average Bonchev–Trinajstić information content (AvgIpc) is 2.45. The average molecular weight is 329 g/mol. The molecule has 22 heavy (non-hydrogen) atoms. The Kier molecular flexibility index (Phi) is 6.06. The van der Waals surface area contributed by atoms with Crippen LogP contribution in [0.2, 0.25) is 0 Å². The zero-order valence-electron chi connectivity index (χ0n) is 14.6. The molecule has 0 bridgehead atoms. The maximum atomic E-state index is 12.3. The lowest BCUT2D eigenvalue weighted by molar-refractivity contribution is 0.00644.